The van der Waals surface area contributed by atoms with Crippen molar-refractivity contribution >= 4 is 16.7 Å². The number of rotatable bonds is 3. The summed E-state index contributed by atoms with van der Waals surface area (Å²) in [6.07, 6.45) is 0.613. The third kappa shape index (κ3) is 2.03. The number of hydrogen-bond acceptors (Lipinski definition) is 1. The Balaban J connectivity index is 2.70. The number of aryl methyl sites for hydroxylation is 1. The minimum Gasteiger partial charge on any atom is -0.481 e. The highest BCUT2D eigenvalue weighted by Gasteiger charge is 2.19. The van der Waals surface area contributed by atoms with E-state index in [0.29, 0.717) is 6.42 Å². The van der Waals surface area contributed by atoms with Crippen LogP contribution in [0.5, 0.6) is 0 Å². The summed E-state index contributed by atoms with van der Waals surface area (Å²) in [6, 6.07) is 11.9. The van der Waals surface area contributed by atoms with Crippen LogP contribution in [0.15, 0.2) is 36.4 Å². The van der Waals surface area contributed by atoms with Crippen molar-refractivity contribution in [2.75, 3.05) is 0 Å². The van der Waals surface area contributed by atoms with Gasteiger partial charge in [0.05, 0.1) is 5.92 Å². The molecule has 0 radical (unpaired) electrons. The molecule has 1 N–H and O–H groups in total. The average Bonchev–Trinajstić information content (AvgIpc) is 2.33. The van der Waals surface area contributed by atoms with Crippen LogP contribution in [-0.4, -0.2) is 11.1 Å². The van der Waals surface area contributed by atoms with E-state index in [1.165, 1.54) is 5.56 Å². The molecule has 0 aliphatic carbocycles. The number of carbonyl (C=O) groups is 1. The zero-order valence-corrected chi connectivity index (χ0v) is 10.1. The van der Waals surface area contributed by atoms with Crippen molar-refractivity contribution in [2.24, 2.45) is 0 Å². The van der Waals surface area contributed by atoms with Gasteiger partial charge in [0.25, 0.3) is 0 Å². The standard InChI is InChI=1S/C15H16O2/c1-3-11(15(16)17)14-9-8-10(2)12-6-4-5-7-13(12)14/h4-9,11H,3H2,1-2H3,(H,16,17). The maximum absolute atomic E-state index is 11.3. The van der Waals surface area contributed by atoms with Crippen molar-refractivity contribution in [1.82, 2.24) is 0 Å². The van der Waals surface area contributed by atoms with Crippen LogP contribution in [0.4, 0.5) is 0 Å². The fourth-order valence-electron chi connectivity index (χ4n) is 2.30. The highest BCUT2D eigenvalue weighted by molar-refractivity contribution is 5.92. The molecule has 0 heterocycles. The second kappa shape index (κ2) is 4.58. The molecule has 88 valence electrons. The summed E-state index contributed by atoms with van der Waals surface area (Å²) in [6.45, 7) is 3.96. The number of carboxylic acids is 1. The van der Waals surface area contributed by atoms with Crippen molar-refractivity contribution in [3.05, 3.63) is 47.5 Å². The molecule has 0 aliphatic rings. The minimum absolute atomic E-state index is 0.416. The predicted octanol–water partition coefficient (Wildman–Crippen LogP) is 3.73. The van der Waals surface area contributed by atoms with E-state index in [1.54, 1.807) is 0 Å². The largest absolute Gasteiger partial charge is 0.481 e. The molecule has 0 aliphatic heterocycles. The summed E-state index contributed by atoms with van der Waals surface area (Å²) in [7, 11) is 0. The zero-order chi connectivity index (χ0) is 12.4. The summed E-state index contributed by atoms with van der Waals surface area (Å²) >= 11 is 0. The van der Waals surface area contributed by atoms with Gasteiger partial charge >= 0.3 is 5.97 Å². The Bertz CT molecular complexity index is 558. The molecule has 17 heavy (non-hydrogen) atoms. The quantitative estimate of drug-likeness (QED) is 0.869. The molecule has 1 atom stereocenters. The molecule has 0 aromatic heterocycles. The van der Waals surface area contributed by atoms with Gasteiger partial charge in [0.1, 0.15) is 0 Å². The lowest BCUT2D eigenvalue weighted by Gasteiger charge is -2.14. The van der Waals surface area contributed by atoms with Gasteiger partial charge in [-0.15, -0.1) is 0 Å². The van der Waals surface area contributed by atoms with Gasteiger partial charge in [-0.1, -0.05) is 43.3 Å². The van der Waals surface area contributed by atoms with E-state index >= 15 is 0 Å². The van der Waals surface area contributed by atoms with E-state index in [0.717, 1.165) is 16.3 Å². The van der Waals surface area contributed by atoms with Crippen LogP contribution in [0.1, 0.15) is 30.4 Å². The van der Waals surface area contributed by atoms with Crippen molar-refractivity contribution in [3.8, 4) is 0 Å². The van der Waals surface area contributed by atoms with Crippen LogP contribution in [0, 0.1) is 6.92 Å². The van der Waals surface area contributed by atoms with Gasteiger partial charge in [-0.2, -0.15) is 0 Å². The summed E-state index contributed by atoms with van der Waals surface area (Å²) < 4.78 is 0. The first-order valence-electron chi connectivity index (χ1n) is 5.86. The van der Waals surface area contributed by atoms with E-state index in [1.807, 2.05) is 50.2 Å². The third-order valence-corrected chi connectivity index (χ3v) is 3.26. The summed E-state index contributed by atoms with van der Waals surface area (Å²) in [5.74, 6) is -1.16. The van der Waals surface area contributed by atoms with Crippen LogP contribution in [0.3, 0.4) is 0 Å². The Morgan fingerprint density at radius 1 is 1.18 bits per heavy atom. The average molecular weight is 228 g/mol. The molecule has 0 fully saturated rings. The summed E-state index contributed by atoms with van der Waals surface area (Å²) in [5, 5.41) is 11.5. The van der Waals surface area contributed by atoms with Crippen LogP contribution in [-0.2, 0) is 4.79 Å². The summed E-state index contributed by atoms with van der Waals surface area (Å²) in [5.41, 5.74) is 2.10. The molecule has 2 rings (SSSR count). The molecule has 2 aromatic carbocycles. The van der Waals surface area contributed by atoms with Gasteiger partial charge < -0.3 is 5.11 Å². The lowest BCUT2D eigenvalue weighted by molar-refractivity contribution is -0.138. The molecule has 0 amide bonds. The van der Waals surface area contributed by atoms with Crippen LogP contribution in [0.2, 0.25) is 0 Å². The molecule has 2 aromatic rings. The smallest absolute Gasteiger partial charge is 0.310 e. The molecular weight excluding hydrogens is 212 g/mol. The van der Waals surface area contributed by atoms with Crippen LogP contribution in [0.25, 0.3) is 10.8 Å². The summed E-state index contributed by atoms with van der Waals surface area (Å²) in [4.78, 5) is 11.3. The number of aliphatic carboxylic acids is 1. The highest BCUT2D eigenvalue weighted by atomic mass is 16.4. The second-order valence-electron chi connectivity index (χ2n) is 4.32. The van der Waals surface area contributed by atoms with Gasteiger partial charge in [0, 0.05) is 0 Å². The van der Waals surface area contributed by atoms with Crippen LogP contribution < -0.4 is 0 Å². The van der Waals surface area contributed by atoms with E-state index in [4.69, 9.17) is 0 Å². The number of fused-ring (bicyclic) bond motifs is 1. The van der Waals surface area contributed by atoms with Gasteiger partial charge in [-0.3, -0.25) is 4.79 Å². The zero-order valence-electron chi connectivity index (χ0n) is 10.1. The van der Waals surface area contributed by atoms with E-state index in [-0.39, 0.29) is 0 Å². The Morgan fingerprint density at radius 2 is 1.82 bits per heavy atom. The van der Waals surface area contributed by atoms with Crippen molar-refractivity contribution < 1.29 is 9.90 Å². The van der Waals surface area contributed by atoms with Crippen molar-refractivity contribution in [2.45, 2.75) is 26.2 Å². The van der Waals surface area contributed by atoms with Gasteiger partial charge in [-0.05, 0) is 35.2 Å². The third-order valence-electron chi connectivity index (χ3n) is 3.26. The van der Waals surface area contributed by atoms with Gasteiger partial charge in [0.2, 0.25) is 0 Å². The molecule has 0 saturated heterocycles. The Labute approximate surface area is 101 Å². The second-order valence-corrected chi connectivity index (χ2v) is 4.32. The normalized spacial score (nSPS) is 12.6. The molecule has 0 bridgehead atoms. The van der Waals surface area contributed by atoms with E-state index < -0.39 is 11.9 Å². The van der Waals surface area contributed by atoms with Crippen molar-refractivity contribution in [1.29, 1.82) is 0 Å². The number of carboxylic acid groups (broad SMARTS) is 1. The first-order valence-corrected chi connectivity index (χ1v) is 5.86. The molecule has 0 saturated carbocycles. The van der Waals surface area contributed by atoms with Gasteiger partial charge in [-0.25, -0.2) is 0 Å². The SMILES string of the molecule is CCC(C(=O)O)c1ccc(C)c2ccccc12. The Kier molecular flexibility index (Phi) is 3.14. The highest BCUT2D eigenvalue weighted by Crippen LogP contribution is 2.29. The van der Waals surface area contributed by atoms with Crippen LogP contribution >= 0.6 is 0 Å². The topological polar surface area (TPSA) is 37.3 Å². The fourth-order valence-corrected chi connectivity index (χ4v) is 2.30. The fraction of sp³-hybridized carbons (Fsp3) is 0.267. The molecule has 2 heteroatoms. The first-order chi connectivity index (χ1) is 8.15. The number of benzene rings is 2. The molecule has 2 nitrogen and oxygen atoms in total. The molecule has 1 unspecified atom stereocenters. The lowest BCUT2D eigenvalue weighted by Crippen LogP contribution is -2.11. The van der Waals surface area contributed by atoms with E-state index in [9.17, 15) is 9.90 Å². The van der Waals surface area contributed by atoms with Crippen molar-refractivity contribution in [3.63, 3.8) is 0 Å². The maximum Gasteiger partial charge on any atom is 0.310 e. The molecular formula is C15H16O2. The Hall–Kier alpha value is -1.83. The van der Waals surface area contributed by atoms with E-state index in [2.05, 4.69) is 0 Å². The number of hydrogen-bond donors (Lipinski definition) is 1. The minimum atomic E-state index is -0.749. The lowest BCUT2D eigenvalue weighted by atomic mass is 9.90. The van der Waals surface area contributed by atoms with Gasteiger partial charge in [0.15, 0.2) is 0 Å². The predicted molar refractivity (Wildman–Crippen MR) is 69.4 cm³/mol. The first kappa shape index (κ1) is 11.6. The maximum atomic E-state index is 11.3. The monoisotopic (exact) mass is 228 g/mol. The molecule has 0 spiro atoms. The Morgan fingerprint density at radius 3 is 2.41 bits per heavy atom.